The number of aromatic nitrogens is 4. The molecule has 0 spiro atoms. The number of aromatic hydroxyl groups is 1. The fraction of sp³-hybridized carbons (Fsp3) is 0.316. The Kier molecular flexibility index (Phi) is 4.25. The van der Waals surface area contributed by atoms with E-state index in [0.29, 0.717) is 10.8 Å². The summed E-state index contributed by atoms with van der Waals surface area (Å²) in [5, 5.41) is 15.1. The summed E-state index contributed by atoms with van der Waals surface area (Å²) in [6.07, 6.45) is 3.49. The fourth-order valence-electron chi connectivity index (χ4n) is 3.70. The minimum Gasteiger partial charge on any atom is -0.492 e. The average Bonchev–Trinajstić information content (AvgIpc) is 3.43. The molecule has 144 valence electrons. The van der Waals surface area contributed by atoms with Gasteiger partial charge in [-0.05, 0) is 31.2 Å². The zero-order valence-electron chi connectivity index (χ0n) is 15.4. The van der Waals surface area contributed by atoms with Gasteiger partial charge in [0.1, 0.15) is 23.4 Å². The van der Waals surface area contributed by atoms with E-state index in [1.165, 1.54) is 15.9 Å². The van der Waals surface area contributed by atoms with Crippen LogP contribution < -0.4 is 4.90 Å². The molecular weight excluding hydrogens is 376 g/mol. The fourth-order valence-corrected chi connectivity index (χ4v) is 4.84. The first-order valence-corrected chi connectivity index (χ1v) is 10.0. The molecule has 1 N–H and O–H groups in total. The molecule has 4 aromatic rings. The van der Waals surface area contributed by atoms with Crippen molar-refractivity contribution in [2.24, 2.45) is 0 Å². The third kappa shape index (κ3) is 2.92. The smallest absolute Gasteiger partial charge is 0.230 e. The third-order valence-electron chi connectivity index (χ3n) is 5.02. The molecule has 0 aliphatic carbocycles. The number of hydrogen-bond donors (Lipinski definition) is 1. The van der Waals surface area contributed by atoms with Crippen LogP contribution in [0, 0.1) is 6.92 Å². The van der Waals surface area contributed by atoms with Crippen LogP contribution in [0.5, 0.6) is 5.88 Å². The summed E-state index contributed by atoms with van der Waals surface area (Å²) in [6.45, 7) is 5.19. The Labute approximate surface area is 165 Å². The van der Waals surface area contributed by atoms with E-state index < -0.39 is 0 Å². The van der Waals surface area contributed by atoms with E-state index in [1.54, 1.807) is 6.26 Å². The molecule has 0 radical (unpaired) electrons. The molecule has 0 saturated carbocycles. The molecule has 1 aliphatic rings. The summed E-state index contributed by atoms with van der Waals surface area (Å²) in [5.41, 5.74) is 0. The number of aryl methyl sites for hydroxylation is 1. The minimum absolute atomic E-state index is 0.133. The van der Waals surface area contributed by atoms with Gasteiger partial charge in [0.15, 0.2) is 0 Å². The highest BCUT2D eigenvalue weighted by Gasteiger charge is 2.33. The number of furan rings is 1. The van der Waals surface area contributed by atoms with Gasteiger partial charge in [0.25, 0.3) is 0 Å². The van der Waals surface area contributed by atoms with Crippen molar-refractivity contribution in [3.05, 3.63) is 59.3 Å². The largest absolute Gasteiger partial charge is 0.492 e. The minimum atomic E-state index is -0.172. The lowest BCUT2D eigenvalue weighted by atomic mass is 10.1. The lowest BCUT2D eigenvalue weighted by Crippen LogP contribution is -2.48. The van der Waals surface area contributed by atoms with Crippen molar-refractivity contribution in [3.63, 3.8) is 0 Å². The first kappa shape index (κ1) is 17.2. The molecule has 1 aliphatic heterocycles. The normalized spacial score (nSPS) is 16.7. The van der Waals surface area contributed by atoms with Crippen LogP contribution >= 0.6 is 11.3 Å². The van der Waals surface area contributed by atoms with Crippen LogP contribution in [0.2, 0.25) is 0 Å². The molecule has 1 unspecified atom stereocenters. The van der Waals surface area contributed by atoms with E-state index in [2.05, 4.69) is 24.9 Å². The summed E-state index contributed by atoms with van der Waals surface area (Å²) in [7, 11) is 0. The zero-order valence-corrected chi connectivity index (χ0v) is 16.2. The Morgan fingerprint density at radius 3 is 2.68 bits per heavy atom. The lowest BCUT2D eigenvalue weighted by Gasteiger charge is -2.38. The Morgan fingerprint density at radius 2 is 2.00 bits per heavy atom. The van der Waals surface area contributed by atoms with Gasteiger partial charge in [0, 0.05) is 32.4 Å². The van der Waals surface area contributed by atoms with Crippen LogP contribution in [0.1, 0.15) is 22.5 Å². The van der Waals surface area contributed by atoms with Gasteiger partial charge in [0.2, 0.25) is 10.8 Å². The van der Waals surface area contributed by atoms with Crippen LogP contribution in [0.25, 0.3) is 4.96 Å². The Bertz CT molecular complexity index is 1070. The van der Waals surface area contributed by atoms with Gasteiger partial charge < -0.3 is 14.4 Å². The lowest BCUT2D eigenvalue weighted by molar-refractivity contribution is 0.190. The predicted octanol–water partition coefficient (Wildman–Crippen LogP) is 2.70. The van der Waals surface area contributed by atoms with Gasteiger partial charge in [-0.2, -0.15) is 4.52 Å². The molecule has 4 aromatic heterocycles. The molecular formula is C19H20N6O2S. The second-order valence-electron chi connectivity index (χ2n) is 6.77. The summed E-state index contributed by atoms with van der Waals surface area (Å²) >= 11 is 1.45. The van der Waals surface area contributed by atoms with E-state index >= 15 is 0 Å². The summed E-state index contributed by atoms with van der Waals surface area (Å²) in [5.74, 6) is 2.58. The Morgan fingerprint density at radius 1 is 1.14 bits per heavy atom. The summed E-state index contributed by atoms with van der Waals surface area (Å²) in [4.78, 5) is 15.0. The number of rotatable bonds is 4. The van der Waals surface area contributed by atoms with Crippen LogP contribution in [-0.2, 0) is 0 Å². The van der Waals surface area contributed by atoms with E-state index in [4.69, 9.17) is 4.42 Å². The van der Waals surface area contributed by atoms with Gasteiger partial charge in [0.05, 0.1) is 11.1 Å². The molecule has 28 heavy (non-hydrogen) atoms. The number of pyridine rings is 1. The first-order chi connectivity index (χ1) is 13.7. The highest BCUT2D eigenvalue weighted by molar-refractivity contribution is 7.17. The van der Waals surface area contributed by atoms with Crippen molar-refractivity contribution >= 4 is 22.1 Å². The maximum atomic E-state index is 10.8. The van der Waals surface area contributed by atoms with Crippen LogP contribution in [0.15, 0.2) is 47.2 Å². The predicted molar refractivity (Wildman–Crippen MR) is 106 cm³/mol. The molecule has 0 amide bonds. The van der Waals surface area contributed by atoms with Crippen molar-refractivity contribution in [2.75, 3.05) is 31.1 Å². The molecule has 5 rings (SSSR count). The molecule has 9 heteroatoms. The van der Waals surface area contributed by atoms with E-state index in [9.17, 15) is 5.11 Å². The molecule has 1 fully saturated rings. The first-order valence-electron chi connectivity index (χ1n) is 9.19. The zero-order chi connectivity index (χ0) is 19.1. The molecule has 5 heterocycles. The number of piperazine rings is 1. The standard InChI is InChI=1S/C19H20N6O2S/c1-13-21-19-25(22-13)18(26)17(28-19)16(14-5-4-12-27-14)24-10-8-23(9-11-24)15-6-2-3-7-20-15/h2-7,12,16,26H,8-11H2,1H3. The molecule has 0 bridgehead atoms. The van der Waals surface area contributed by atoms with Gasteiger partial charge in [-0.1, -0.05) is 17.4 Å². The van der Waals surface area contributed by atoms with Crippen molar-refractivity contribution in [1.29, 1.82) is 0 Å². The van der Waals surface area contributed by atoms with Crippen LogP contribution in [-0.4, -0.2) is 55.8 Å². The van der Waals surface area contributed by atoms with E-state index in [-0.39, 0.29) is 11.9 Å². The average molecular weight is 396 g/mol. The van der Waals surface area contributed by atoms with E-state index in [0.717, 1.165) is 42.6 Å². The Balaban J connectivity index is 1.45. The topological polar surface area (TPSA) is 82.9 Å². The number of thiazole rings is 1. The Hall–Kier alpha value is -2.91. The highest BCUT2D eigenvalue weighted by atomic mass is 32.1. The van der Waals surface area contributed by atoms with Gasteiger partial charge in [-0.25, -0.2) is 9.97 Å². The number of anilines is 1. The number of fused-ring (bicyclic) bond motifs is 1. The monoisotopic (exact) mass is 396 g/mol. The maximum absolute atomic E-state index is 10.8. The van der Waals surface area contributed by atoms with Crippen molar-refractivity contribution in [3.8, 4) is 5.88 Å². The van der Waals surface area contributed by atoms with Gasteiger partial charge in [-0.3, -0.25) is 4.90 Å². The second kappa shape index (κ2) is 6.92. The van der Waals surface area contributed by atoms with Crippen LogP contribution in [0.3, 0.4) is 0 Å². The molecule has 1 atom stereocenters. The summed E-state index contributed by atoms with van der Waals surface area (Å²) < 4.78 is 7.25. The van der Waals surface area contributed by atoms with Crippen LogP contribution in [0.4, 0.5) is 5.82 Å². The SMILES string of the molecule is Cc1nc2sc(C(c3ccco3)N3CCN(c4ccccn4)CC3)c(O)n2n1. The molecule has 0 aromatic carbocycles. The van der Waals surface area contributed by atoms with Gasteiger partial charge >= 0.3 is 0 Å². The van der Waals surface area contributed by atoms with Gasteiger partial charge in [-0.15, -0.1) is 5.10 Å². The highest BCUT2D eigenvalue weighted by Crippen LogP contribution is 2.40. The van der Waals surface area contributed by atoms with Crippen molar-refractivity contribution in [1.82, 2.24) is 24.5 Å². The molecule has 1 saturated heterocycles. The second-order valence-corrected chi connectivity index (χ2v) is 7.78. The quantitative estimate of drug-likeness (QED) is 0.568. The number of hydrogen-bond acceptors (Lipinski definition) is 8. The van der Waals surface area contributed by atoms with Crippen molar-refractivity contribution in [2.45, 2.75) is 13.0 Å². The van der Waals surface area contributed by atoms with Crippen molar-refractivity contribution < 1.29 is 9.52 Å². The third-order valence-corrected chi connectivity index (χ3v) is 6.09. The maximum Gasteiger partial charge on any atom is 0.230 e. The molecule has 8 nitrogen and oxygen atoms in total. The summed E-state index contributed by atoms with van der Waals surface area (Å²) in [6, 6.07) is 9.64. The number of nitrogens with zero attached hydrogens (tertiary/aromatic N) is 6. The van der Waals surface area contributed by atoms with E-state index in [1.807, 2.05) is 43.5 Å².